The van der Waals surface area contributed by atoms with Crippen LogP contribution < -0.4 is 0 Å². The van der Waals surface area contributed by atoms with E-state index in [0.717, 1.165) is 38.3 Å². The van der Waals surface area contributed by atoms with Gasteiger partial charge in [-0.2, -0.15) is 0 Å². The summed E-state index contributed by atoms with van der Waals surface area (Å²) < 4.78 is 0. The first-order chi connectivity index (χ1) is 9.31. The second-order valence-electron chi connectivity index (χ2n) is 5.86. The minimum absolute atomic E-state index is 0.354. The predicted molar refractivity (Wildman–Crippen MR) is 74.4 cm³/mol. The van der Waals surface area contributed by atoms with Gasteiger partial charge in [-0.3, -0.25) is 9.80 Å². The fraction of sp³-hybridized carbons (Fsp3) is 0.714. The van der Waals surface area contributed by atoms with Gasteiger partial charge in [0.05, 0.1) is 6.04 Å². The fourth-order valence-electron chi connectivity index (χ4n) is 3.58. The third-order valence-corrected chi connectivity index (χ3v) is 5.04. The molecule has 4 heterocycles. The Kier molecular flexibility index (Phi) is 2.98. The fourth-order valence-corrected chi connectivity index (χ4v) is 3.87. The summed E-state index contributed by atoms with van der Waals surface area (Å²) >= 11 is 6.39. The van der Waals surface area contributed by atoms with Crippen LogP contribution in [0.1, 0.15) is 36.0 Å². The van der Waals surface area contributed by atoms with Gasteiger partial charge in [0, 0.05) is 44.0 Å². The van der Waals surface area contributed by atoms with Crippen LogP contribution in [0, 0.1) is 0 Å². The number of aryl methyl sites for hydroxylation is 1. The molecular formula is C14H19ClN4. The molecule has 2 bridgehead atoms. The average molecular weight is 279 g/mol. The van der Waals surface area contributed by atoms with Gasteiger partial charge in [-0.15, -0.1) is 0 Å². The van der Waals surface area contributed by atoms with E-state index in [1.807, 2.05) is 0 Å². The standard InChI is InChI=1S/C14H19ClN4/c15-13-10-3-1-2-4-11(10)16-14(17-13)12-9-18-5-7-19(12)8-6-18/h12H,1-9H2. The lowest BCUT2D eigenvalue weighted by Crippen LogP contribution is -2.57. The molecule has 0 aromatic carbocycles. The van der Waals surface area contributed by atoms with E-state index in [1.165, 1.54) is 37.2 Å². The molecule has 0 saturated carbocycles. The molecular weight excluding hydrogens is 260 g/mol. The van der Waals surface area contributed by atoms with Gasteiger partial charge in [-0.05, 0) is 25.7 Å². The summed E-state index contributed by atoms with van der Waals surface area (Å²) in [5.74, 6) is 0.954. The van der Waals surface area contributed by atoms with Gasteiger partial charge in [0.25, 0.3) is 0 Å². The van der Waals surface area contributed by atoms with Crippen molar-refractivity contribution >= 4 is 11.6 Å². The van der Waals surface area contributed by atoms with Crippen LogP contribution in [0.5, 0.6) is 0 Å². The largest absolute Gasteiger partial charge is 0.299 e. The van der Waals surface area contributed by atoms with Crippen molar-refractivity contribution in [2.75, 3.05) is 32.7 Å². The Bertz CT molecular complexity index is 496. The summed E-state index contributed by atoms with van der Waals surface area (Å²) in [6.07, 6.45) is 4.58. The highest BCUT2D eigenvalue weighted by atomic mass is 35.5. The van der Waals surface area contributed by atoms with Crippen molar-refractivity contribution < 1.29 is 0 Å². The highest BCUT2D eigenvalue weighted by molar-refractivity contribution is 6.30. The molecule has 1 aromatic heterocycles. The Morgan fingerprint density at radius 2 is 1.79 bits per heavy atom. The van der Waals surface area contributed by atoms with Crippen LogP contribution in [0.4, 0.5) is 0 Å². The van der Waals surface area contributed by atoms with Crippen LogP contribution in [0.2, 0.25) is 5.15 Å². The molecule has 3 fully saturated rings. The summed E-state index contributed by atoms with van der Waals surface area (Å²) in [5.41, 5.74) is 2.41. The highest BCUT2D eigenvalue weighted by Gasteiger charge is 2.35. The Balaban J connectivity index is 1.70. The number of rotatable bonds is 1. The Hall–Kier alpha value is -0.710. The van der Waals surface area contributed by atoms with Crippen molar-refractivity contribution in [1.82, 2.24) is 19.8 Å². The average Bonchev–Trinajstić information content (AvgIpc) is 2.48. The zero-order valence-corrected chi connectivity index (χ0v) is 11.9. The minimum Gasteiger partial charge on any atom is -0.299 e. The van der Waals surface area contributed by atoms with Crippen molar-refractivity contribution in [3.05, 3.63) is 22.2 Å². The summed E-state index contributed by atoms with van der Waals surface area (Å²) in [4.78, 5) is 14.5. The Morgan fingerprint density at radius 1 is 1.00 bits per heavy atom. The topological polar surface area (TPSA) is 32.3 Å². The van der Waals surface area contributed by atoms with Crippen LogP contribution in [0.15, 0.2) is 0 Å². The van der Waals surface area contributed by atoms with Crippen LogP contribution in [0.3, 0.4) is 0 Å². The highest BCUT2D eigenvalue weighted by Crippen LogP contribution is 2.31. The normalized spacial score (nSPS) is 33.2. The maximum atomic E-state index is 6.39. The second kappa shape index (κ2) is 4.69. The van der Waals surface area contributed by atoms with Crippen molar-refractivity contribution in [2.24, 2.45) is 0 Å². The number of fused-ring (bicyclic) bond motifs is 4. The number of aromatic nitrogens is 2. The predicted octanol–water partition coefficient (Wildman–Crippen LogP) is 1.68. The van der Waals surface area contributed by atoms with Gasteiger partial charge in [0.2, 0.25) is 0 Å². The molecule has 1 aliphatic carbocycles. The molecule has 3 aliphatic heterocycles. The number of hydrogen-bond donors (Lipinski definition) is 0. The maximum absolute atomic E-state index is 6.39. The monoisotopic (exact) mass is 278 g/mol. The zero-order valence-electron chi connectivity index (χ0n) is 11.1. The molecule has 4 nitrogen and oxygen atoms in total. The van der Waals surface area contributed by atoms with Crippen molar-refractivity contribution in [3.8, 4) is 0 Å². The second-order valence-corrected chi connectivity index (χ2v) is 6.22. The van der Waals surface area contributed by atoms with Crippen molar-refractivity contribution in [1.29, 1.82) is 0 Å². The van der Waals surface area contributed by atoms with Crippen LogP contribution in [-0.2, 0) is 12.8 Å². The van der Waals surface area contributed by atoms with Gasteiger partial charge in [-0.25, -0.2) is 9.97 Å². The maximum Gasteiger partial charge on any atom is 0.148 e. The molecule has 1 unspecified atom stereocenters. The van der Waals surface area contributed by atoms with E-state index in [2.05, 4.69) is 14.8 Å². The summed E-state index contributed by atoms with van der Waals surface area (Å²) in [7, 11) is 0. The SMILES string of the molecule is Clc1nc(C2CN3CCN2CC3)nc2c1CCCC2. The van der Waals surface area contributed by atoms with Crippen molar-refractivity contribution in [2.45, 2.75) is 31.7 Å². The van der Waals surface area contributed by atoms with E-state index >= 15 is 0 Å². The molecule has 19 heavy (non-hydrogen) atoms. The number of halogens is 1. The lowest BCUT2D eigenvalue weighted by Gasteiger charge is -2.46. The van der Waals surface area contributed by atoms with Gasteiger partial charge in [0.1, 0.15) is 11.0 Å². The van der Waals surface area contributed by atoms with Gasteiger partial charge < -0.3 is 0 Å². The Morgan fingerprint density at radius 3 is 2.53 bits per heavy atom. The quantitative estimate of drug-likeness (QED) is 0.732. The molecule has 0 spiro atoms. The first kappa shape index (κ1) is 12.1. The molecule has 1 atom stereocenters. The zero-order chi connectivity index (χ0) is 12.8. The van der Waals surface area contributed by atoms with E-state index in [9.17, 15) is 0 Å². The molecule has 5 rings (SSSR count). The molecule has 102 valence electrons. The molecule has 0 N–H and O–H groups in total. The van der Waals surface area contributed by atoms with Crippen LogP contribution >= 0.6 is 11.6 Å². The number of piperazine rings is 3. The van der Waals surface area contributed by atoms with Gasteiger partial charge >= 0.3 is 0 Å². The van der Waals surface area contributed by atoms with E-state index < -0.39 is 0 Å². The summed E-state index contributed by atoms with van der Waals surface area (Å²) in [5, 5.41) is 0.706. The van der Waals surface area contributed by atoms with Crippen molar-refractivity contribution in [3.63, 3.8) is 0 Å². The van der Waals surface area contributed by atoms with Gasteiger partial charge in [-0.1, -0.05) is 11.6 Å². The van der Waals surface area contributed by atoms with E-state index in [-0.39, 0.29) is 0 Å². The molecule has 0 radical (unpaired) electrons. The summed E-state index contributed by atoms with van der Waals surface area (Å²) in [6, 6.07) is 0.354. The number of hydrogen-bond acceptors (Lipinski definition) is 4. The lowest BCUT2D eigenvalue weighted by atomic mass is 9.97. The molecule has 3 saturated heterocycles. The molecule has 4 aliphatic rings. The lowest BCUT2D eigenvalue weighted by molar-refractivity contribution is 0.00853. The number of nitrogens with zero attached hydrogens (tertiary/aromatic N) is 4. The van der Waals surface area contributed by atoms with E-state index in [4.69, 9.17) is 16.6 Å². The summed E-state index contributed by atoms with van der Waals surface area (Å²) in [6.45, 7) is 5.73. The minimum atomic E-state index is 0.354. The first-order valence-corrected chi connectivity index (χ1v) is 7.70. The smallest absolute Gasteiger partial charge is 0.148 e. The third-order valence-electron chi connectivity index (χ3n) is 4.73. The Labute approximate surface area is 118 Å². The molecule has 0 amide bonds. The molecule has 5 heteroatoms. The molecule has 1 aromatic rings. The van der Waals surface area contributed by atoms with E-state index in [1.54, 1.807) is 0 Å². The van der Waals surface area contributed by atoms with Crippen LogP contribution in [0.25, 0.3) is 0 Å². The third kappa shape index (κ3) is 2.06. The van der Waals surface area contributed by atoms with E-state index in [0.29, 0.717) is 11.2 Å². The van der Waals surface area contributed by atoms with Gasteiger partial charge in [0.15, 0.2) is 0 Å². The van der Waals surface area contributed by atoms with Crippen LogP contribution in [-0.4, -0.2) is 52.5 Å². The first-order valence-electron chi connectivity index (χ1n) is 7.33.